The van der Waals surface area contributed by atoms with Crippen LogP contribution in [-0.2, 0) is 0 Å². The number of nitrogens with one attached hydrogen (secondary N) is 1. The van der Waals surface area contributed by atoms with Gasteiger partial charge in [0.25, 0.3) is 0 Å². The van der Waals surface area contributed by atoms with Gasteiger partial charge in [0.1, 0.15) is 12.7 Å². The molecule has 1 unspecified atom stereocenters. The van der Waals surface area contributed by atoms with Crippen LogP contribution in [0.25, 0.3) is 0 Å². The van der Waals surface area contributed by atoms with Crippen LogP contribution in [0.5, 0.6) is 0 Å². The van der Waals surface area contributed by atoms with Gasteiger partial charge in [-0.25, -0.2) is 15.0 Å². The lowest BCUT2D eigenvalue weighted by Gasteiger charge is -2.27. The highest BCUT2D eigenvalue weighted by Gasteiger charge is 2.28. The lowest BCUT2D eigenvalue weighted by molar-refractivity contribution is 0.0368. The van der Waals surface area contributed by atoms with Crippen molar-refractivity contribution < 1.29 is 5.11 Å². The van der Waals surface area contributed by atoms with E-state index in [0.29, 0.717) is 5.82 Å². The minimum atomic E-state index is -0.893. The highest BCUT2D eigenvalue weighted by Crippen LogP contribution is 2.20. The molecule has 1 aromatic rings. The van der Waals surface area contributed by atoms with Gasteiger partial charge in [-0.15, -0.1) is 0 Å². The molecule has 1 atom stereocenters. The van der Waals surface area contributed by atoms with E-state index < -0.39 is 5.60 Å². The monoisotopic (exact) mass is 182 g/mol. The Hall–Kier alpha value is -1.07. The molecule has 0 fully saturated rings. The van der Waals surface area contributed by atoms with Gasteiger partial charge in [-0.3, -0.25) is 0 Å². The van der Waals surface area contributed by atoms with E-state index in [9.17, 15) is 5.11 Å². The van der Waals surface area contributed by atoms with Crippen LogP contribution in [0.2, 0.25) is 0 Å². The normalized spacial score (nSPS) is 14.2. The third-order valence-electron chi connectivity index (χ3n) is 1.77. The summed E-state index contributed by atoms with van der Waals surface area (Å²) in [5, 5.41) is 12.7. The molecule has 72 valence electrons. The molecular formula is C8H14N4O. The lowest BCUT2D eigenvalue weighted by Crippen LogP contribution is -2.38. The minimum Gasteiger partial charge on any atom is -0.388 e. The van der Waals surface area contributed by atoms with Crippen LogP contribution < -0.4 is 5.32 Å². The fourth-order valence-electron chi connectivity index (χ4n) is 1.20. The molecule has 0 bridgehead atoms. The predicted molar refractivity (Wildman–Crippen MR) is 47.9 cm³/mol. The van der Waals surface area contributed by atoms with Crippen LogP contribution in [0, 0.1) is 0 Å². The number of aromatic nitrogens is 3. The van der Waals surface area contributed by atoms with Crippen LogP contribution in [-0.4, -0.2) is 32.7 Å². The second-order valence-corrected chi connectivity index (χ2v) is 3.37. The highest BCUT2D eigenvalue weighted by atomic mass is 16.3. The van der Waals surface area contributed by atoms with Gasteiger partial charge in [0.15, 0.2) is 5.82 Å². The van der Waals surface area contributed by atoms with Gasteiger partial charge in [-0.05, 0) is 20.9 Å². The van der Waals surface area contributed by atoms with Crippen molar-refractivity contribution in [1.82, 2.24) is 20.3 Å². The first-order chi connectivity index (χ1) is 6.05. The van der Waals surface area contributed by atoms with Crippen LogP contribution >= 0.6 is 0 Å². The standard InChI is InChI=1S/C8H14N4O/c1-8(2,13)6(9-3)7-11-4-10-5-12-7/h4-6,9,13H,1-3H3. The van der Waals surface area contributed by atoms with Crippen molar-refractivity contribution in [2.75, 3.05) is 7.05 Å². The number of hydrogen-bond acceptors (Lipinski definition) is 5. The van der Waals surface area contributed by atoms with Gasteiger partial charge >= 0.3 is 0 Å². The van der Waals surface area contributed by atoms with E-state index in [1.807, 2.05) is 0 Å². The summed E-state index contributed by atoms with van der Waals surface area (Å²) in [7, 11) is 1.76. The Labute approximate surface area is 77.3 Å². The third-order valence-corrected chi connectivity index (χ3v) is 1.77. The van der Waals surface area contributed by atoms with Gasteiger partial charge in [0.05, 0.1) is 11.6 Å². The van der Waals surface area contributed by atoms with Gasteiger partial charge in [-0.2, -0.15) is 0 Å². The average molecular weight is 182 g/mol. The summed E-state index contributed by atoms with van der Waals surface area (Å²) < 4.78 is 0. The van der Waals surface area contributed by atoms with Crippen molar-refractivity contribution >= 4 is 0 Å². The van der Waals surface area contributed by atoms with E-state index in [1.54, 1.807) is 20.9 Å². The average Bonchev–Trinajstić information content (AvgIpc) is 2.05. The SMILES string of the molecule is CNC(c1ncncn1)C(C)(C)O. The summed E-state index contributed by atoms with van der Waals surface area (Å²) in [6.07, 6.45) is 2.83. The molecule has 0 saturated heterocycles. The van der Waals surface area contributed by atoms with Crippen LogP contribution in [0.15, 0.2) is 12.7 Å². The zero-order valence-corrected chi connectivity index (χ0v) is 8.02. The largest absolute Gasteiger partial charge is 0.388 e. The number of aliphatic hydroxyl groups is 1. The predicted octanol–water partition coefficient (Wildman–Crippen LogP) is -0.0970. The van der Waals surface area contributed by atoms with E-state index in [-0.39, 0.29) is 6.04 Å². The number of rotatable bonds is 3. The topological polar surface area (TPSA) is 70.9 Å². The maximum Gasteiger partial charge on any atom is 0.151 e. The first-order valence-electron chi connectivity index (χ1n) is 4.07. The first-order valence-corrected chi connectivity index (χ1v) is 4.07. The summed E-state index contributed by atoms with van der Waals surface area (Å²) in [6.45, 7) is 3.41. The summed E-state index contributed by atoms with van der Waals surface area (Å²) in [4.78, 5) is 11.7. The molecule has 1 aromatic heterocycles. The first kappa shape index (κ1) is 10.0. The quantitative estimate of drug-likeness (QED) is 0.683. The van der Waals surface area contributed by atoms with Crippen molar-refractivity contribution in [3.63, 3.8) is 0 Å². The Morgan fingerprint density at radius 3 is 2.31 bits per heavy atom. The van der Waals surface area contributed by atoms with E-state index in [1.165, 1.54) is 12.7 Å². The Balaban J connectivity index is 2.92. The molecule has 0 aromatic carbocycles. The van der Waals surface area contributed by atoms with Crippen molar-refractivity contribution in [3.05, 3.63) is 18.5 Å². The van der Waals surface area contributed by atoms with Crippen molar-refractivity contribution in [3.8, 4) is 0 Å². The zero-order chi connectivity index (χ0) is 9.90. The molecule has 0 amide bonds. The summed E-state index contributed by atoms with van der Waals surface area (Å²) >= 11 is 0. The molecule has 1 rings (SSSR count). The molecule has 0 spiro atoms. The molecule has 0 aliphatic rings. The highest BCUT2D eigenvalue weighted by molar-refractivity contribution is 4.99. The van der Waals surface area contributed by atoms with Crippen LogP contribution in [0.3, 0.4) is 0 Å². The number of likely N-dealkylation sites (N-methyl/N-ethyl adjacent to an activating group) is 1. The molecule has 5 heteroatoms. The fourth-order valence-corrected chi connectivity index (χ4v) is 1.20. The second-order valence-electron chi connectivity index (χ2n) is 3.37. The van der Waals surface area contributed by atoms with E-state index in [0.717, 1.165) is 0 Å². The Kier molecular flexibility index (Phi) is 2.90. The van der Waals surface area contributed by atoms with Crippen molar-refractivity contribution in [2.24, 2.45) is 0 Å². The molecular weight excluding hydrogens is 168 g/mol. The molecule has 0 aliphatic carbocycles. The molecule has 0 saturated carbocycles. The van der Waals surface area contributed by atoms with Crippen LogP contribution in [0.1, 0.15) is 25.7 Å². The Bertz CT molecular complexity index is 257. The van der Waals surface area contributed by atoms with E-state index >= 15 is 0 Å². The minimum absolute atomic E-state index is 0.282. The van der Waals surface area contributed by atoms with Gasteiger partial charge in [0.2, 0.25) is 0 Å². The third kappa shape index (κ3) is 2.43. The van der Waals surface area contributed by atoms with Gasteiger partial charge in [0, 0.05) is 0 Å². The maximum atomic E-state index is 9.77. The lowest BCUT2D eigenvalue weighted by atomic mass is 9.98. The smallest absolute Gasteiger partial charge is 0.151 e. The van der Waals surface area contributed by atoms with E-state index in [4.69, 9.17) is 0 Å². The second kappa shape index (κ2) is 3.76. The molecule has 0 aliphatic heterocycles. The zero-order valence-electron chi connectivity index (χ0n) is 8.02. The van der Waals surface area contributed by atoms with Gasteiger partial charge in [-0.1, -0.05) is 0 Å². The summed E-state index contributed by atoms with van der Waals surface area (Å²) in [5.41, 5.74) is -0.893. The molecule has 5 nitrogen and oxygen atoms in total. The van der Waals surface area contributed by atoms with Crippen LogP contribution in [0.4, 0.5) is 0 Å². The Morgan fingerprint density at radius 2 is 1.92 bits per heavy atom. The maximum absolute atomic E-state index is 9.77. The number of nitrogens with zero attached hydrogens (tertiary/aromatic N) is 3. The van der Waals surface area contributed by atoms with Crippen molar-refractivity contribution in [2.45, 2.75) is 25.5 Å². The summed E-state index contributed by atoms with van der Waals surface area (Å²) in [5.74, 6) is 0.546. The van der Waals surface area contributed by atoms with Gasteiger partial charge < -0.3 is 10.4 Å². The molecule has 13 heavy (non-hydrogen) atoms. The molecule has 1 heterocycles. The van der Waals surface area contributed by atoms with Crippen molar-refractivity contribution in [1.29, 1.82) is 0 Å². The number of hydrogen-bond donors (Lipinski definition) is 2. The van der Waals surface area contributed by atoms with E-state index in [2.05, 4.69) is 20.3 Å². The summed E-state index contributed by atoms with van der Waals surface area (Å²) in [6, 6.07) is -0.282. The Morgan fingerprint density at radius 1 is 1.38 bits per heavy atom. The molecule has 0 radical (unpaired) electrons. The fraction of sp³-hybridized carbons (Fsp3) is 0.625. The molecule has 2 N–H and O–H groups in total.